The Balaban J connectivity index is 1.57. The molecule has 5 rings (SSSR count). The molecule has 3 aliphatic rings. The molecule has 0 amide bonds. The van der Waals surface area contributed by atoms with E-state index in [2.05, 4.69) is 29.7 Å². The normalized spacial score (nSPS) is 23.9. The van der Waals surface area contributed by atoms with Gasteiger partial charge in [0.25, 0.3) is 0 Å². The van der Waals surface area contributed by atoms with Gasteiger partial charge in [-0.05, 0) is 19.4 Å². The molecule has 2 aromatic heterocycles. The van der Waals surface area contributed by atoms with Gasteiger partial charge in [-0.2, -0.15) is 0 Å². The third-order valence-electron chi connectivity index (χ3n) is 4.22. The summed E-state index contributed by atoms with van der Waals surface area (Å²) in [6, 6.07) is 2.33. The predicted octanol–water partition coefficient (Wildman–Crippen LogP) is 1.18. The first-order chi connectivity index (χ1) is 10.2. The van der Waals surface area contributed by atoms with Crippen molar-refractivity contribution in [2.75, 3.05) is 22.9 Å². The first-order valence-corrected chi connectivity index (χ1v) is 7.01. The van der Waals surface area contributed by atoms with Crippen molar-refractivity contribution in [2.24, 2.45) is 0 Å². The lowest BCUT2D eigenvalue weighted by atomic mass is 9.87. The summed E-state index contributed by atoms with van der Waals surface area (Å²) in [4.78, 5) is 20.8. The molecule has 2 unspecified atom stereocenters. The van der Waals surface area contributed by atoms with Crippen LogP contribution >= 0.6 is 0 Å². The van der Waals surface area contributed by atoms with Gasteiger partial charge in [0.2, 0.25) is 5.95 Å². The number of fused-ring (bicyclic) bond motifs is 2. The topological polar surface area (TPSA) is 58.0 Å². The van der Waals surface area contributed by atoms with E-state index < -0.39 is 0 Å². The molecule has 3 fully saturated rings. The summed E-state index contributed by atoms with van der Waals surface area (Å²) >= 11 is 0. The minimum absolute atomic E-state index is 0.261. The number of piperidine rings is 1. The molecule has 0 spiro atoms. The van der Waals surface area contributed by atoms with E-state index in [0.717, 1.165) is 25.5 Å². The molecular weight excluding hydrogens is 271 g/mol. The van der Waals surface area contributed by atoms with Gasteiger partial charge in [-0.15, -0.1) is 0 Å². The lowest BCUT2D eigenvalue weighted by molar-refractivity contribution is 0.282. The number of aryl methyl sites for hydroxylation is 1. The highest BCUT2D eigenvalue weighted by atomic mass is 19.1. The maximum Gasteiger partial charge on any atom is 0.225 e. The Kier molecular flexibility index (Phi) is 2.73. The first kappa shape index (κ1) is 12.4. The summed E-state index contributed by atoms with van der Waals surface area (Å²) in [6.07, 6.45) is 5.98. The molecule has 2 atom stereocenters. The summed E-state index contributed by atoms with van der Waals surface area (Å²) in [6.45, 7) is 3.26. The Labute approximate surface area is 121 Å². The number of hydrogen-bond donors (Lipinski definition) is 0. The van der Waals surface area contributed by atoms with E-state index >= 15 is 0 Å². The van der Waals surface area contributed by atoms with E-state index in [1.165, 1.54) is 6.33 Å². The predicted molar refractivity (Wildman–Crippen MR) is 75.6 cm³/mol. The van der Waals surface area contributed by atoms with Crippen LogP contribution in [0.3, 0.4) is 0 Å². The Bertz CT molecular complexity index is 652. The van der Waals surface area contributed by atoms with Crippen LogP contribution in [0.15, 0.2) is 24.8 Å². The summed E-state index contributed by atoms with van der Waals surface area (Å²) in [7, 11) is 0. The maximum atomic E-state index is 14.2. The van der Waals surface area contributed by atoms with Crippen molar-refractivity contribution < 1.29 is 4.39 Å². The van der Waals surface area contributed by atoms with Crippen molar-refractivity contribution in [3.05, 3.63) is 36.3 Å². The van der Waals surface area contributed by atoms with Crippen LogP contribution in [0, 0.1) is 12.7 Å². The monoisotopic (exact) mass is 286 g/mol. The molecule has 7 heteroatoms. The SMILES string of the molecule is Cc1ncnc(N2C3CC2CN(c2ncccn2)C3)c1F. The lowest BCUT2D eigenvalue weighted by Gasteiger charge is -2.56. The maximum absolute atomic E-state index is 14.2. The van der Waals surface area contributed by atoms with Crippen LogP contribution in [0.1, 0.15) is 12.1 Å². The minimum Gasteiger partial charge on any atom is -0.344 e. The van der Waals surface area contributed by atoms with E-state index in [1.807, 2.05) is 0 Å². The van der Waals surface area contributed by atoms with E-state index in [-0.39, 0.29) is 17.9 Å². The molecular formula is C14H15FN6. The number of hydrogen-bond acceptors (Lipinski definition) is 6. The molecule has 6 nitrogen and oxygen atoms in total. The number of piperazine rings is 1. The third kappa shape index (κ3) is 1.91. The van der Waals surface area contributed by atoms with E-state index in [9.17, 15) is 4.39 Å². The van der Waals surface area contributed by atoms with Crippen molar-refractivity contribution >= 4 is 11.8 Å². The number of rotatable bonds is 2. The summed E-state index contributed by atoms with van der Waals surface area (Å²) in [5.41, 5.74) is 0.397. The second kappa shape index (κ2) is 4.61. The zero-order valence-electron chi connectivity index (χ0n) is 11.6. The average Bonchev–Trinajstić information content (AvgIpc) is 2.53. The molecule has 2 bridgehead atoms. The lowest BCUT2D eigenvalue weighted by Crippen LogP contribution is -2.69. The summed E-state index contributed by atoms with van der Waals surface area (Å²) < 4.78 is 14.2. The third-order valence-corrected chi connectivity index (χ3v) is 4.22. The molecule has 2 aromatic rings. The van der Waals surface area contributed by atoms with Gasteiger partial charge in [-0.25, -0.2) is 24.3 Å². The van der Waals surface area contributed by atoms with Gasteiger partial charge in [0, 0.05) is 25.5 Å². The Morgan fingerprint density at radius 3 is 2.52 bits per heavy atom. The van der Waals surface area contributed by atoms with Gasteiger partial charge in [-0.3, -0.25) is 0 Å². The highest BCUT2D eigenvalue weighted by Gasteiger charge is 2.47. The largest absolute Gasteiger partial charge is 0.344 e. The molecule has 0 saturated carbocycles. The van der Waals surface area contributed by atoms with Crippen LogP contribution in [0.5, 0.6) is 0 Å². The molecule has 0 aliphatic carbocycles. The van der Waals surface area contributed by atoms with Gasteiger partial charge in [0.1, 0.15) is 6.33 Å². The molecule has 5 heterocycles. The minimum atomic E-state index is -0.309. The van der Waals surface area contributed by atoms with Crippen molar-refractivity contribution in [1.82, 2.24) is 19.9 Å². The van der Waals surface area contributed by atoms with Crippen LogP contribution in [0.4, 0.5) is 16.2 Å². The first-order valence-electron chi connectivity index (χ1n) is 7.01. The smallest absolute Gasteiger partial charge is 0.225 e. The van der Waals surface area contributed by atoms with Crippen LogP contribution in [0.2, 0.25) is 0 Å². The molecule has 21 heavy (non-hydrogen) atoms. The average molecular weight is 286 g/mol. The highest BCUT2D eigenvalue weighted by molar-refractivity contribution is 5.51. The Morgan fingerprint density at radius 2 is 1.81 bits per heavy atom. The molecule has 0 aromatic carbocycles. The van der Waals surface area contributed by atoms with Crippen LogP contribution in [-0.4, -0.2) is 45.1 Å². The van der Waals surface area contributed by atoms with Crippen LogP contribution < -0.4 is 9.80 Å². The molecule has 0 radical (unpaired) electrons. The van der Waals surface area contributed by atoms with Gasteiger partial charge in [-0.1, -0.05) is 0 Å². The van der Waals surface area contributed by atoms with E-state index in [4.69, 9.17) is 0 Å². The zero-order valence-corrected chi connectivity index (χ0v) is 11.6. The Hall–Kier alpha value is -2.31. The fourth-order valence-corrected chi connectivity index (χ4v) is 3.20. The van der Waals surface area contributed by atoms with E-state index in [1.54, 1.807) is 25.4 Å². The number of aromatic nitrogens is 4. The van der Waals surface area contributed by atoms with Crippen LogP contribution in [-0.2, 0) is 0 Å². The van der Waals surface area contributed by atoms with Crippen molar-refractivity contribution in [3.8, 4) is 0 Å². The van der Waals surface area contributed by atoms with Gasteiger partial charge < -0.3 is 9.80 Å². The van der Waals surface area contributed by atoms with Gasteiger partial charge >= 0.3 is 0 Å². The van der Waals surface area contributed by atoms with Crippen molar-refractivity contribution in [3.63, 3.8) is 0 Å². The van der Waals surface area contributed by atoms with Crippen LogP contribution in [0.25, 0.3) is 0 Å². The number of nitrogens with zero attached hydrogens (tertiary/aromatic N) is 6. The fourth-order valence-electron chi connectivity index (χ4n) is 3.20. The highest BCUT2D eigenvalue weighted by Crippen LogP contribution is 2.38. The van der Waals surface area contributed by atoms with E-state index in [0.29, 0.717) is 11.5 Å². The Morgan fingerprint density at radius 1 is 1.10 bits per heavy atom. The second-order valence-electron chi connectivity index (χ2n) is 5.50. The van der Waals surface area contributed by atoms with Crippen molar-refractivity contribution in [1.29, 1.82) is 0 Å². The van der Waals surface area contributed by atoms with Gasteiger partial charge in [0.15, 0.2) is 11.6 Å². The molecule has 3 aliphatic heterocycles. The molecule has 0 N–H and O–H groups in total. The van der Waals surface area contributed by atoms with Crippen molar-refractivity contribution in [2.45, 2.75) is 25.4 Å². The summed E-state index contributed by atoms with van der Waals surface area (Å²) in [5.74, 6) is 0.861. The summed E-state index contributed by atoms with van der Waals surface area (Å²) in [5, 5.41) is 0. The standard InChI is InChI=1S/C14H15FN6/c1-9-12(15)13(19-8-18-9)21-10-5-11(21)7-20(6-10)14-16-3-2-4-17-14/h2-4,8,10-11H,5-7H2,1H3. The quantitative estimate of drug-likeness (QED) is 0.826. The fraction of sp³-hybridized carbons (Fsp3) is 0.429. The van der Waals surface area contributed by atoms with Gasteiger partial charge in [0.05, 0.1) is 17.8 Å². The molecule has 108 valence electrons. The zero-order chi connectivity index (χ0) is 14.4. The molecule has 3 saturated heterocycles. The number of halogens is 1. The second-order valence-corrected chi connectivity index (χ2v) is 5.50. The number of anilines is 2.